The van der Waals surface area contributed by atoms with Crippen molar-refractivity contribution in [1.29, 1.82) is 0 Å². The molecule has 4 nitrogen and oxygen atoms in total. The van der Waals surface area contributed by atoms with Gasteiger partial charge >= 0.3 is 0 Å². The molecule has 0 aliphatic heterocycles. The normalized spacial score (nSPS) is 20.4. The molecule has 2 fully saturated rings. The minimum atomic E-state index is -0.0176. The maximum atomic E-state index is 6.13. The van der Waals surface area contributed by atoms with Crippen LogP contribution in [0.5, 0.6) is 23.0 Å². The Hall–Kier alpha value is -3.92. The Kier molecular flexibility index (Phi) is 8.92. The number of nitrogen functional groups attached to an aromatic ring is 2. The SMILES string of the molecule is CC1CCC(CCC2CCC(c3ccc(Oc4ccc(N)cc4)cc3)(c3ccc(Oc4ccc(N)cc4)cc3)CC2)CC1. The number of rotatable bonds is 9. The van der Waals surface area contributed by atoms with Crippen molar-refractivity contribution in [3.05, 3.63) is 108 Å². The van der Waals surface area contributed by atoms with E-state index in [1.165, 1.54) is 62.5 Å². The van der Waals surface area contributed by atoms with Crippen molar-refractivity contribution in [2.24, 2.45) is 17.8 Å². The van der Waals surface area contributed by atoms with Crippen LogP contribution < -0.4 is 20.9 Å². The van der Waals surface area contributed by atoms with Gasteiger partial charge in [-0.15, -0.1) is 0 Å². The summed E-state index contributed by atoms with van der Waals surface area (Å²) in [4.78, 5) is 0. The Morgan fingerprint density at radius 2 is 0.860 bits per heavy atom. The van der Waals surface area contributed by atoms with Gasteiger partial charge in [-0.3, -0.25) is 0 Å². The first-order valence-electron chi connectivity index (χ1n) is 16.2. The van der Waals surface area contributed by atoms with E-state index in [2.05, 4.69) is 55.5 Å². The molecule has 0 unspecified atom stereocenters. The van der Waals surface area contributed by atoms with Gasteiger partial charge in [0.1, 0.15) is 23.0 Å². The van der Waals surface area contributed by atoms with Crippen LogP contribution >= 0.6 is 0 Å². The second kappa shape index (κ2) is 13.2. The highest BCUT2D eigenvalue weighted by atomic mass is 16.5. The van der Waals surface area contributed by atoms with Crippen molar-refractivity contribution in [3.63, 3.8) is 0 Å². The average molecular weight is 575 g/mol. The molecule has 0 heterocycles. The summed E-state index contributed by atoms with van der Waals surface area (Å²) >= 11 is 0. The molecule has 0 bridgehead atoms. The molecular formula is C39H46N2O2. The van der Waals surface area contributed by atoms with Crippen LogP contribution in [0.4, 0.5) is 11.4 Å². The molecule has 2 aliphatic rings. The molecule has 4 heteroatoms. The summed E-state index contributed by atoms with van der Waals surface area (Å²) in [5.74, 6) is 5.97. The van der Waals surface area contributed by atoms with Crippen LogP contribution in [-0.4, -0.2) is 0 Å². The van der Waals surface area contributed by atoms with Gasteiger partial charge in [-0.25, -0.2) is 0 Å². The van der Waals surface area contributed by atoms with Gasteiger partial charge in [-0.05, 0) is 127 Å². The fraction of sp³-hybridized carbons (Fsp3) is 0.385. The molecule has 0 amide bonds. The van der Waals surface area contributed by atoms with Gasteiger partial charge in [0, 0.05) is 16.8 Å². The highest BCUT2D eigenvalue weighted by Crippen LogP contribution is 2.48. The van der Waals surface area contributed by atoms with Crippen LogP contribution in [0, 0.1) is 17.8 Å². The average Bonchev–Trinajstić information content (AvgIpc) is 3.04. The van der Waals surface area contributed by atoms with E-state index in [-0.39, 0.29) is 5.41 Å². The van der Waals surface area contributed by atoms with Crippen LogP contribution in [0.2, 0.25) is 0 Å². The van der Waals surface area contributed by atoms with Crippen LogP contribution in [-0.2, 0) is 5.41 Å². The smallest absolute Gasteiger partial charge is 0.127 e. The Balaban J connectivity index is 1.19. The van der Waals surface area contributed by atoms with Gasteiger partial charge < -0.3 is 20.9 Å². The zero-order chi connectivity index (χ0) is 29.6. The van der Waals surface area contributed by atoms with Crippen molar-refractivity contribution < 1.29 is 9.47 Å². The standard InChI is InChI=1S/C39H46N2O2/c1-28-2-4-29(5-3-28)6-7-30-24-26-39(27-25-30,31-8-16-35(17-9-31)42-37-20-12-33(40)13-21-37)32-10-18-36(19-11-32)43-38-22-14-34(41)15-23-38/h8-23,28-30H,2-7,24-27,40-41H2,1H3. The molecule has 0 spiro atoms. The summed E-state index contributed by atoms with van der Waals surface area (Å²) < 4.78 is 12.3. The lowest BCUT2D eigenvalue weighted by Gasteiger charge is -2.42. The maximum absolute atomic E-state index is 6.13. The third-order valence-electron chi connectivity index (χ3n) is 10.1. The van der Waals surface area contributed by atoms with Gasteiger partial charge in [-0.1, -0.05) is 69.7 Å². The van der Waals surface area contributed by atoms with Gasteiger partial charge in [0.05, 0.1) is 0 Å². The van der Waals surface area contributed by atoms with E-state index in [4.69, 9.17) is 20.9 Å². The van der Waals surface area contributed by atoms with Gasteiger partial charge in [0.25, 0.3) is 0 Å². The second-order valence-electron chi connectivity index (χ2n) is 13.1. The topological polar surface area (TPSA) is 70.5 Å². The second-order valence-corrected chi connectivity index (χ2v) is 13.1. The van der Waals surface area contributed by atoms with Crippen molar-refractivity contribution in [2.75, 3.05) is 11.5 Å². The minimum Gasteiger partial charge on any atom is -0.457 e. The molecule has 6 rings (SSSR count). The number of anilines is 2. The molecule has 2 saturated carbocycles. The van der Waals surface area contributed by atoms with E-state index in [1.807, 2.05) is 48.5 Å². The lowest BCUT2D eigenvalue weighted by Crippen LogP contribution is -2.33. The van der Waals surface area contributed by atoms with E-state index in [9.17, 15) is 0 Å². The number of ether oxygens (including phenoxy) is 2. The lowest BCUT2D eigenvalue weighted by molar-refractivity contribution is 0.217. The summed E-state index contributed by atoms with van der Waals surface area (Å²) in [6, 6.07) is 32.7. The van der Waals surface area contributed by atoms with Crippen LogP contribution in [0.15, 0.2) is 97.1 Å². The predicted molar refractivity (Wildman–Crippen MR) is 178 cm³/mol. The largest absolute Gasteiger partial charge is 0.457 e. The Morgan fingerprint density at radius 1 is 0.512 bits per heavy atom. The summed E-state index contributed by atoms with van der Waals surface area (Å²) in [5, 5.41) is 0. The number of nitrogens with two attached hydrogens (primary N) is 2. The lowest BCUT2D eigenvalue weighted by atomic mass is 9.62. The fourth-order valence-corrected chi connectivity index (χ4v) is 7.32. The third-order valence-corrected chi connectivity index (χ3v) is 10.1. The molecule has 224 valence electrons. The van der Waals surface area contributed by atoms with Gasteiger partial charge in [0.15, 0.2) is 0 Å². The highest BCUT2D eigenvalue weighted by molar-refractivity contribution is 5.47. The monoisotopic (exact) mass is 574 g/mol. The summed E-state index contributed by atoms with van der Waals surface area (Å²) in [7, 11) is 0. The summed E-state index contributed by atoms with van der Waals surface area (Å²) in [5.41, 5.74) is 15.9. The molecule has 4 aromatic rings. The molecule has 2 aliphatic carbocycles. The van der Waals surface area contributed by atoms with Gasteiger partial charge in [0.2, 0.25) is 0 Å². The molecule has 43 heavy (non-hydrogen) atoms. The quantitative estimate of drug-likeness (QED) is 0.195. The highest BCUT2D eigenvalue weighted by Gasteiger charge is 2.38. The molecule has 0 aromatic heterocycles. The fourth-order valence-electron chi connectivity index (χ4n) is 7.32. The van der Waals surface area contributed by atoms with E-state index in [0.29, 0.717) is 0 Å². The maximum Gasteiger partial charge on any atom is 0.127 e. The summed E-state index contributed by atoms with van der Waals surface area (Å²) in [6.45, 7) is 2.42. The molecule has 0 saturated heterocycles. The van der Waals surface area contributed by atoms with Crippen molar-refractivity contribution in [1.82, 2.24) is 0 Å². The Morgan fingerprint density at radius 3 is 1.26 bits per heavy atom. The van der Waals surface area contributed by atoms with Crippen LogP contribution in [0.1, 0.15) is 82.3 Å². The van der Waals surface area contributed by atoms with Crippen LogP contribution in [0.3, 0.4) is 0 Å². The number of hydrogen-bond acceptors (Lipinski definition) is 4. The molecular weight excluding hydrogens is 528 g/mol. The number of benzene rings is 4. The van der Waals surface area contributed by atoms with Crippen LogP contribution in [0.25, 0.3) is 0 Å². The first-order chi connectivity index (χ1) is 20.9. The molecule has 4 N–H and O–H groups in total. The van der Waals surface area contributed by atoms with Crippen molar-refractivity contribution in [3.8, 4) is 23.0 Å². The Bertz CT molecular complexity index is 1340. The summed E-state index contributed by atoms with van der Waals surface area (Å²) in [6.07, 6.45) is 13.4. The van der Waals surface area contributed by atoms with Gasteiger partial charge in [-0.2, -0.15) is 0 Å². The molecule has 0 atom stereocenters. The minimum absolute atomic E-state index is 0.0176. The Labute approximate surface area is 257 Å². The predicted octanol–water partition coefficient (Wildman–Crippen LogP) is 10.5. The van der Waals surface area contributed by atoms with E-state index >= 15 is 0 Å². The zero-order valence-corrected chi connectivity index (χ0v) is 25.5. The first-order valence-corrected chi connectivity index (χ1v) is 16.2. The van der Waals surface area contributed by atoms with Crippen molar-refractivity contribution in [2.45, 2.75) is 76.5 Å². The van der Waals surface area contributed by atoms with E-state index in [1.54, 1.807) is 0 Å². The molecule has 0 radical (unpaired) electrons. The van der Waals surface area contributed by atoms with Crippen molar-refractivity contribution >= 4 is 11.4 Å². The third kappa shape index (κ3) is 7.18. The molecule has 4 aromatic carbocycles. The van der Waals surface area contributed by atoms with E-state index in [0.717, 1.165) is 65.0 Å². The first kappa shape index (κ1) is 29.2. The van der Waals surface area contributed by atoms with E-state index < -0.39 is 0 Å². The zero-order valence-electron chi connectivity index (χ0n) is 25.5. The number of hydrogen-bond donors (Lipinski definition) is 2.